The van der Waals surface area contributed by atoms with Crippen LogP contribution in [0.5, 0.6) is 0 Å². The van der Waals surface area contributed by atoms with E-state index >= 15 is 0 Å². The number of piperidine rings is 2. The highest BCUT2D eigenvalue weighted by molar-refractivity contribution is 6.36. The summed E-state index contributed by atoms with van der Waals surface area (Å²) in [7, 11) is 0. The zero-order chi connectivity index (χ0) is 53.9. The summed E-state index contributed by atoms with van der Waals surface area (Å²) >= 11 is 23.7. The Hall–Kier alpha value is -6.41. The van der Waals surface area contributed by atoms with E-state index in [-0.39, 0.29) is 17.9 Å². The quantitative estimate of drug-likeness (QED) is 0.100. The van der Waals surface area contributed by atoms with Crippen molar-refractivity contribution in [1.29, 1.82) is 10.5 Å². The molecule has 2 aliphatic heterocycles. The third-order valence-corrected chi connectivity index (χ3v) is 14.6. The van der Waals surface area contributed by atoms with Gasteiger partial charge in [0.25, 0.3) is 11.8 Å². The average Bonchev–Trinajstić information content (AvgIpc) is 3.44. The number of hydrogen-bond donors (Lipinski definition) is 1. The second-order valence-electron chi connectivity index (χ2n) is 18.1. The summed E-state index contributed by atoms with van der Waals surface area (Å²) in [6.07, 6.45) is 4.69. The highest BCUT2D eigenvalue weighted by Crippen LogP contribution is 2.35. The molecule has 2 saturated heterocycles. The molecule has 11 nitrogen and oxygen atoms in total. The number of likely N-dealkylation sites (tertiary alicyclic amines) is 1. The Balaban J connectivity index is 0.000000211. The Kier molecular flexibility index (Phi) is 22.4. The van der Waals surface area contributed by atoms with Crippen molar-refractivity contribution < 1.29 is 14.4 Å². The number of amides is 2. The van der Waals surface area contributed by atoms with Gasteiger partial charge in [-0.2, -0.15) is 10.5 Å². The molecule has 0 aliphatic carbocycles. The van der Waals surface area contributed by atoms with Crippen LogP contribution in [0.15, 0.2) is 133 Å². The van der Waals surface area contributed by atoms with E-state index in [0.717, 1.165) is 86.7 Å². The van der Waals surface area contributed by atoms with Crippen LogP contribution in [0, 0.1) is 22.7 Å². The van der Waals surface area contributed by atoms with Crippen molar-refractivity contribution in [2.45, 2.75) is 72.0 Å². The van der Waals surface area contributed by atoms with Gasteiger partial charge in [0, 0.05) is 112 Å². The molecule has 1 N–H and O–H groups in total. The summed E-state index contributed by atoms with van der Waals surface area (Å²) in [5.74, 6) is 0.111. The number of rotatable bonds is 15. The molecule has 6 aromatic carbocycles. The number of anilines is 4. The van der Waals surface area contributed by atoms with Crippen LogP contribution < -0.4 is 15.1 Å². The number of carbonyl (C=O) groups is 3. The van der Waals surface area contributed by atoms with Gasteiger partial charge >= 0.3 is 0 Å². The molecule has 6 aromatic rings. The van der Waals surface area contributed by atoms with Gasteiger partial charge in [0.15, 0.2) is 6.29 Å². The minimum atomic E-state index is 0.0451. The van der Waals surface area contributed by atoms with Gasteiger partial charge in [-0.15, -0.1) is 0 Å². The molecular formula is C60H64Cl4N8O3. The lowest BCUT2D eigenvalue weighted by Crippen LogP contribution is -2.43. The van der Waals surface area contributed by atoms with E-state index in [4.69, 9.17) is 46.4 Å². The van der Waals surface area contributed by atoms with Crippen LogP contribution in [-0.2, 0) is 6.54 Å². The van der Waals surface area contributed by atoms with Crippen molar-refractivity contribution in [1.82, 2.24) is 20.0 Å². The largest absolute Gasteiger partial charge is 0.339 e. The van der Waals surface area contributed by atoms with Gasteiger partial charge in [0.1, 0.15) is 0 Å². The molecule has 8 rings (SSSR count). The molecule has 0 radical (unpaired) electrons. The first-order chi connectivity index (χ1) is 36.3. The first-order valence-corrected chi connectivity index (χ1v) is 27.0. The molecule has 0 aromatic heterocycles. The molecule has 2 amide bonds. The van der Waals surface area contributed by atoms with Crippen LogP contribution in [-0.4, -0.2) is 97.2 Å². The second kappa shape index (κ2) is 29.0. The first kappa shape index (κ1) is 57.9. The molecule has 2 fully saturated rings. The van der Waals surface area contributed by atoms with Gasteiger partial charge in [0.2, 0.25) is 0 Å². The normalized spacial score (nSPS) is 13.6. The van der Waals surface area contributed by atoms with Crippen molar-refractivity contribution in [3.8, 4) is 12.1 Å². The van der Waals surface area contributed by atoms with Gasteiger partial charge in [-0.05, 0) is 187 Å². The van der Waals surface area contributed by atoms with Crippen molar-refractivity contribution in [3.05, 3.63) is 187 Å². The topological polar surface area (TPSA) is 127 Å². The van der Waals surface area contributed by atoms with E-state index in [0.29, 0.717) is 86.4 Å². The lowest BCUT2D eigenvalue weighted by molar-refractivity contribution is 0.0765. The second-order valence-corrected chi connectivity index (χ2v) is 19.8. The zero-order valence-corrected chi connectivity index (χ0v) is 46.0. The van der Waals surface area contributed by atoms with Crippen LogP contribution in [0.2, 0.25) is 20.1 Å². The third kappa shape index (κ3) is 15.8. The van der Waals surface area contributed by atoms with E-state index in [1.165, 1.54) is 6.07 Å². The van der Waals surface area contributed by atoms with Crippen molar-refractivity contribution >= 4 is 87.3 Å². The number of hydrogen-bond acceptors (Lipinski definition) is 9. The fourth-order valence-corrected chi connectivity index (χ4v) is 10.3. The molecule has 2 heterocycles. The van der Waals surface area contributed by atoms with E-state index in [9.17, 15) is 24.9 Å². The Labute approximate surface area is 462 Å². The van der Waals surface area contributed by atoms with E-state index in [2.05, 4.69) is 44.3 Å². The lowest BCUT2D eigenvalue weighted by Gasteiger charge is -2.40. The SMILES string of the molecule is CCN(CC)C(=O)c1ccc(N(c2cccc(C#N)c2)C2CCN(Cc3ccc(Cl)cc3Cl)CC2)cc1.CCN(CC)C(=O)c1ccc(N(c2cccc(C#N)c2)C2CCNCC2)cc1.O=Cc1ccc(Cl)cc1Cl. The summed E-state index contributed by atoms with van der Waals surface area (Å²) < 4.78 is 0. The Morgan fingerprint density at radius 3 is 1.43 bits per heavy atom. The Morgan fingerprint density at radius 2 is 1.01 bits per heavy atom. The molecule has 0 spiro atoms. The summed E-state index contributed by atoms with van der Waals surface area (Å²) in [6, 6.07) is 46.8. The van der Waals surface area contributed by atoms with Crippen LogP contribution in [0.25, 0.3) is 0 Å². The van der Waals surface area contributed by atoms with E-state index in [1.54, 1.807) is 18.2 Å². The molecular weight excluding hydrogens is 1020 g/mol. The summed E-state index contributed by atoms with van der Waals surface area (Å²) in [5, 5.41) is 24.5. The Bertz CT molecular complexity index is 2920. The molecule has 0 bridgehead atoms. The average molecular weight is 1090 g/mol. The number of nitriles is 2. The fourth-order valence-electron chi connectivity index (χ4n) is 9.40. The minimum absolute atomic E-state index is 0.0451. The Morgan fingerprint density at radius 1 is 0.573 bits per heavy atom. The number of nitrogens with zero attached hydrogens (tertiary/aromatic N) is 7. The minimum Gasteiger partial charge on any atom is -0.339 e. The van der Waals surface area contributed by atoms with Gasteiger partial charge in [-0.3, -0.25) is 19.3 Å². The number of nitrogens with one attached hydrogen (secondary N) is 1. The first-order valence-electron chi connectivity index (χ1n) is 25.5. The smallest absolute Gasteiger partial charge is 0.253 e. The lowest BCUT2D eigenvalue weighted by atomic mass is 9.99. The van der Waals surface area contributed by atoms with Gasteiger partial charge in [0.05, 0.1) is 28.3 Å². The molecule has 2 aliphatic rings. The summed E-state index contributed by atoms with van der Waals surface area (Å²) in [6.45, 7) is 15.4. The highest BCUT2D eigenvalue weighted by atomic mass is 35.5. The molecule has 15 heteroatoms. The number of aldehydes is 1. The van der Waals surface area contributed by atoms with Gasteiger partial charge in [-0.1, -0.05) is 64.6 Å². The maximum absolute atomic E-state index is 12.8. The fraction of sp³-hybridized carbons (Fsp3) is 0.317. The monoisotopic (exact) mass is 1080 g/mol. The maximum atomic E-state index is 12.8. The third-order valence-electron chi connectivity index (χ3n) is 13.5. The molecule has 0 atom stereocenters. The highest BCUT2D eigenvalue weighted by Gasteiger charge is 2.28. The summed E-state index contributed by atoms with van der Waals surface area (Å²) in [5.41, 5.74) is 8.31. The maximum Gasteiger partial charge on any atom is 0.253 e. The van der Waals surface area contributed by atoms with E-state index in [1.807, 2.05) is 135 Å². The summed E-state index contributed by atoms with van der Waals surface area (Å²) in [4.78, 5) is 46.4. The molecule has 390 valence electrons. The standard InChI is InChI=1S/C30H32Cl2N4O.C23H28N4O.C7H4Cl2O/c1-3-35(4-2)30(37)23-9-12-26(13-10-23)36(28-7-5-6-22(18-28)20-33)27-14-16-34(17-15-27)21-24-8-11-25(31)19-29(24)32;1-3-26(4-2)23(28)19-8-10-20(11-9-19)27(21-12-14-25-15-13-21)22-7-5-6-18(16-22)17-24;8-6-2-1-5(4-10)7(9)3-6/h5-13,18-19,27H,3-4,14-17,21H2,1-2H3;5-11,16,21,25H,3-4,12-15H2,1-2H3;1-4H. The van der Waals surface area contributed by atoms with Crippen molar-refractivity contribution in [2.75, 3.05) is 62.2 Å². The van der Waals surface area contributed by atoms with Crippen molar-refractivity contribution in [2.24, 2.45) is 0 Å². The van der Waals surface area contributed by atoms with E-state index < -0.39 is 0 Å². The predicted octanol–water partition coefficient (Wildman–Crippen LogP) is 13.9. The predicted molar refractivity (Wildman–Crippen MR) is 306 cm³/mol. The van der Waals surface area contributed by atoms with Crippen LogP contribution >= 0.6 is 46.4 Å². The van der Waals surface area contributed by atoms with Crippen LogP contribution in [0.1, 0.15) is 101 Å². The molecule has 0 saturated carbocycles. The van der Waals surface area contributed by atoms with Crippen LogP contribution in [0.4, 0.5) is 22.7 Å². The zero-order valence-electron chi connectivity index (χ0n) is 43.0. The number of halogens is 4. The number of benzene rings is 6. The van der Waals surface area contributed by atoms with Crippen molar-refractivity contribution in [3.63, 3.8) is 0 Å². The van der Waals surface area contributed by atoms with Crippen LogP contribution in [0.3, 0.4) is 0 Å². The number of carbonyl (C=O) groups excluding carboxylic acids is 3. The van der Waals surface area contributed by atoms with Gasteiger partial charge in [-0.25, -0.2) is 0 Å². The molecule has 0 unspecified atom stereocenters. The van der Waals surface area contributed by atoms with Gasteiger partial charge < -0.3 is 24.9 Å². The molecule has 75 heavy (non-hydrogen) atoms.